The van der Waals surface area contributed by atoms with Crippen LogP contribution in [-0.4, -0.2) is 35.6 Å². The Balaban J connectivity index is 1.86. The second-order valence-electron chi connectivity index (χ2n) is 5.22. The van der Waals surface area contributed by atoms with Gasteiger partial charge in [-0.15, -0.1) is 0 Å². The summed E-state index contributed by atoms with van der Waals surface area (Å²) in [7, 11) is 0. The van der Waals surface area contributed by atoms with Crippen molar-refractivity contribution < 1.29 is 9.90 Å². The van der Waals surface area contributed by atoms with E-state index in [0.29, 0.717) is 16.3 Å². The van der Waals surface area contributed by atoms with E-state index in [0.717, 1.165) is 20.4 Å². The predicted molar refractivity (Wildman–Crippen MR) is 97.5 cm³/mol. The molecule has 0 atom stereocenters. The number of fused-ring (bicyclic) bond motifs is 2. The highest BCUT2D eigenvalue weighted by atomic mass is 79.9. The van der Waals surface area contributed by atoms with Crippen LogP contribution in [0, 0.1) is 0 Å². The van der Waals surface area contributed by atoms with E-state index in [9.17, 15) is 9.90 Å². The summed E-state index contributed by atoms with van der Waals surface area (Å²) in [4.78, 5) is 27.1. The third kappa shape index (κ3) is 2.72. The zero-order valence-corrected chi connectivity index (χ0v) is 15.0. The molecule has 0 saturated heterocycles. The number of nitrogens with one attached hydrogen (secondary N) is 1. The highest BCUT2D eigenvalue weighted by Gasteiger charge is 2.20. The minimum atomic E-state index is -0.992. The number of aromatic amines is 1. The Morgan fingerprint density at radius 3 is 2.92 bits per heavy atom. The largest absolute Gasteiger partial charge is 0.480 e. The lowest BCUT2D eigenvalue weighted by molar-refractivity contribution is -0.137. The van der Waals surface area contributed by atoms with Crippen molar-refractivity contribution in [3.05, 3.63) is 35.1 Å². The van der Waals surface area contributed by atoms with E-state index in [-0.39, 0.29) is 12.4 Å². The molecule has 10 heteroatoms. The molecule has 3 heterocycles. The molecular weight excluding hydrogens is 408 g/mol. The number of benzene rings is 1. The Morgan fingerprint density at radius 2 is 2.16 bits per heavy atom. The molecule has 0 saturated carbocycles. The summed E-state index contributed by atoms with van der Waals surface area (Å²) >= 11 is 4.89. The summed E-state index contributed by atoms with van der Waals surface area (Å²) in [5.74, 6) is -0.777. The number of H-pyrrole nitrogens is 1. The number of carboxylic acid groups (broad SMARTS) is 1. The Hall–Kier alpha value is -2.59. The molecule has 4 rings (SSSR count). The van der Waals surface area contributed by atoms with Crippen LogP contribution in [-0.2, 0) is 11.3 Å². The van der Waals surface area contributed by atoms with Crippen molar-refractivity contribution in [2.24, 2.45) is 0 Å². The second kappa shape index (κ2) is 6.05. The van der Waals surface area contributed by atoms with Gasteiger partial charge in [-0.1, -0.05) is 18.2 Å². The standard InChI is InChI=1S/C15H11BrN6O2S/c16-10-7-3-1-2-4-8(7)20-14(10)25-15-21-11-12(17)18-6-19-13(11)22(15)5-9(23)24/h1-4,6,20H,5H2,(H,23,24)(H2,17,18,19). The first kappa shape index (κ1) is 15.9. The van der Waals surface area contributed by atoms with Gasteiger partial charge < -0.3 is 15.8 Å². The summed E-state index contributed by atoms with van der Waals surface area (Å²) in [6, 6.07) is 7.85. The highest BCUT2D eigenvalue weighted by molar-refractivity contribution is 9.10. The number of carboxylic acids is 1. The van der Waals surface area contributed by atoms with Gasteiger partial charge in [0.2, 0.25) is 0 Å². The Morgan fingerprint density at radius 1 is 1.36 bits per heavy atom. The van der Waals surface area contributed by atoms with Gasteiger partial charge in [-0.05, 0) is 33.8 Å². The molecule has 0 radical (unpaired) electrons. The molecule has 0 bridgehead atoms. The van der Waals surface area contributed by atoms with Gasteiger partial charge in [0.15, 0.2) is 22.1 Å². The van der Waals surface area contributed by atoms with Crippen LogP contribution in [0.3, 0.4) is 0 Å². The van der Waals surface area contributed by atoms with Gasteiger partial charge >= 0.3 is 5.97 Å². The molecule has 126 valence electrons. The van der Waals surface area contributed by atoms with Crippen molar-refractivity contribution in [1.82, 2.24) is 24.5 Å². The van der Waals surface area contributed by atoms with Gasteiger partial charge in [-0.25, -0.2) is 15.0 Å². The first-order valence-corrected chi connectivity index (χ1v) is 8.78. The normalized spacial score (nSPS) is 11.4. The fourth-order valence-electron chi connectivity index (χ4n) is 2.53. The van der Waals surface area contributed by atoms with Gasteiger partial charge in [0.05, 0.1) is 9.50 Å². The monoisotopic (exact) mass is 418 g/mol. The number of imidazole rings is 1. The smallest absolute Gasteiger partial charge is 0.323 e. The number of para-hydroxylation sites is 1. The molecule has 4 aromatic rings. The SMILES string of the molecule is Nc1ncnc2c1nc(Sc1[nH]c3ccccc3c1Br)n2CC(=O)O. The van der Waals surface area contributed by atoms with Crippen molar-refractivity contribution >= 4 is 61.5 Å². The van der Waals surface area contributed by atoms with E-state index >= 15 is 0 Å². The lowest BCUT2D eigenvalue weighted by Gasteiger charge is -2.04. The van der Waals surface area contributed by atoms with Crippen LogP contribution in [0.25, 0.3) is 22.1 Å². The molecule has 0 spiro atoms. The molecule has 0 amide bonds. The zero-order valence-electron chi connectivity index (χ0n) is 12.6. The van der Waals surface area contributed by atoms with E-state index in [1.807, 2.05) is 24.3 Å². The number of aromatic nitrogens is 5. The van der Waals surface area contributed by atoms with Gasteiger partial charge in [0, 0.05) is 10.9 Å². The summed E-state index contributed by atoms with van der Waals surface area (Å²) in [5, 5.41) is 11.5. The summed E-state index contributed by atoms with van der Waals surface area (Å²) in [6.07, 6.45) is 1.30. The van der Waals surface area contributed by atoms with Crippen LogP contribution in [0.1, 0.15) is 0 Å². The molecule has 1 aromatic carbocycles. The lowest BCUT2D eigenvalue weighted by atomic mass is 10.3. The average Bonchev–Trinajstić information content (AvgIpc) is 3.08. The Labute approximate surface area is 153 Å². The van der Waals surface area contributed by atoms with Crippen LogP contribution in [0.5, 0.6) is 0 Å². The van der Waals surface area contributed by atoms with Crippen molar-refractivity contribution in [1.29, 1.82) is 0 Å². The maximum absolute atomic E-state index is 11.3. The van der Waals surface area contributed by atoms with E-state index in [2.05, 4.69) is 35.9 Å². The molecule has 0 fully saturated rings. The number of nitrogens with two attached hydrogens (primary N) is 1. The number of carbonyl (C=O) groups is 1. The third-order valence-corrected chi connectivity index (χ3v) is 5.71. The van der Waals surface area contributed by atoms with Crippen LogP contribution >= 0.6 is 27.7 Å². The van der Waals surface area contributed by atoms with Crippen molar-refractivity contribution in [2.75, 3.05) is 5.73 Å². The van der Waals surface area contributed by atoms with Crippen LogP contribution in [0.2, 0.25) is 0 Å². The topological polar surface area (TPSA) is 123 Å². The molecule has 25 heavy (non-hydrogen) atoms. The lowest BCUT2D eigenvalue weighted by Crippen LogP contribution is -2.10. The maximum atomic E-state index is 11.3. The van der Waals surface area contributed by atoms with Crippen molar-refractivity contribution in [3.63, 3.8) is 0 Å². The van der Waals surface area contributed by atoms with Gasteiger partial charge in [-0.3, -0.25) is 9.36 Å². The Kier molecular flexibility index (Phi) is 3.85. The van der Waals surface area contributed by atoms with Gasteiger partial charge in [-0.2, -0.15) is 0 Å². The number of nitrogen functional groups attached to an aromatic ring is 1. The molecule has 4 N–H and O–H groups in total. The van der Waals surface area contributed by atoms with E-state index in [4.69, 9.17) is 5.73 Å². The minimum Gasteiger partial charge on any atom is -0.480 e. The summed E-state index contributed by atoms with van der Waals surface area (Å²) < 4.78 is 2.40. The third-order valence-electron chi connectivity index (χ3n) is 3.62. The van der Waals surface area contributed by atoms with Gasteiger partial charge in [0.25, 0.3) is 0 Å². The van der Waals surface area contributed by atoms with E-state index in [1.165, 1.54) is 22.7 Å². The van der Waals surface area contributed by atoms with Crippen LogP contribution in [0.4, 0.5) is 5.82 Å². The molecule has 0 unspecified atom stereocenters. The number of nitrogens with zero attached hydrogens (tertiary/aromatic N) is 4. The van der Waals surface area contributed by atoms with Crippen molar-refractivity contribution in [2.45, 2.75) is 16.7 Å². The minimum absolute atomic E-state index is 0.215. The Bertz CT molecular complexity index is 1120. The summed E-state index contributed by atoms with van der Waals surface area (Å²) in [5.41, 5.74) is 7.60. The molecule has 0 aliphatic carbocycles. The number of halogens is 1. The van der Waals surface area contributed by atoms with E-state index in [1.54, 1.807) is 0 Å². The maximum Gasteiger partial charge on any atom is 0.323 e. The first-order chi connectivity index (χ1) is 12.0. The summed E-state index contributed by atoms with van der Waals surface area (Å²) in [6.45, 7) is -0.271. The highest BCUT2D eigenvalue weighted by Crippen LogP contribution is 2.38. The van der Waals surface area contributed by atoms with Crippen LogP contribution < -0.4 is 5.73 Å². The number of anilines is 1. The second-order valence-corrected chi connectivity index (χ2v) is 6.99. The molecule has 3 aromatic heterocycles. The molecular formula is C15H11BrN6O2S. The number of rotatable bonds is 4. The zero-order chi connectivity index (χ0) is 17.6. The number of aliphatic carboxylic acids is 1. The molecule has 0 aliphatic rings. The van der Waals surface area contributed by atoms with Gasteiger partial charge in [0.1, 0.15) is 12.9 Å². The molecule has 8 nitrogen and oxygen atoms in total. The van der Waals surface area contributed by atoms with Crippen LogP contribution in [0.15, 0.2) is 45.2 Å². The predicted octanol–water partition coefficient (Wildman–Crippen LogP) is 2.89. The fourth-order valence-corrected chi connectivity index (χ4v) is 4.16. The molecule has 0 aliphatic heterocycles. The van der Waals surface area contributed by atoms with Crippen molar-refractivity contribution in [3.8, 4) is 0 Å². The number of hydrogen-bond donors (Lipinski definition) is 3. The van der Waals surface area contributed by atoms with E-state index < -0.39 is 5.97 Å². The average molecular weight is 419 g/mol. The quantitative estimate of drug-likeness (QED) is 0.465. The first-order valence-electron chi connectivity index (χ1n) is 7.17. The number of hydrogen-bond acceptors (Lipinski definition) is 6. The fraction of sp³-hybridized carbons (Fsp3) is 0.0667.